The summed E-state index contributed by atoms with van der Waals surface area (Å²) in [5.41, 5.74) is 2.46. The highest BCUT2D eigenvalue weighted by atomic mass is 127. The van der Waals surface area contributed by atoms with Gasteiger partial charge >= 0.3 is 0 Å². The van der Waals surface area contributed by atoms with Gasteiger partial charge in [-0.1, -0.05) is 18.2 Å². The van der Waals surface area contributed by atoms with Crippen LogP contribution in [0.5, 0.6) is 11.5 Å². The zero-order valence-corrected chi connectivity index (χ0v) is 14.6. The summed E-state index contributed by atoms with van der Waals surface area (Å²) >= 11 is 4.35. The Bertz CT molecular complexity index is 594. The topological polar surface area (TPSA) is 58.6 Å². The van der Waals surface area contributed by atoms with Gasteiger partial charge in [-0.3, -0.25) is 10.0 Å². The maximum Gasteiger partial charge on any atom is 0.247 e. The molecular weight excluding hydrogens is 484 g/mol. The van der Waals surface area contributed by atoms with E-state index in [9.17, 15) is 4.79 Å². The van der Waals surface area contributed by atoms with Crippen molar-refractivity contribution in [1.82, 2.24) is 5.48 Å². The van der Waals surface area contributed by atoms with E-state index in [1.165, 1.54) is 0 Å². The molecule has 0 aliphatic carbocycles. The van der Waals surface area contributed by atoms with Gasteiger partial charge in [0.25, 0.3) is 0 Å². The average Bonchev–Trinajstić information content (AvgIpc) is 2.44. The van der Waals surface area contributed by atoms with E-state index in [2.05, 4.69) is 45.2 Å². The summed E-state index contributed by atoms with van der Waals surface area (Å²) in [6.45, 7) is 0. The van der Waals surface area contributed by atoms with E-state index in [1.54, 1.807) is 5.48 Å². The molecule has 2 aromatic carbocycles. The largest absolute Gasteiger partial charge is 0.455 e. The van der Waals surface area contributed by atoms with Gasteiger partial charge in [0.15, 0.2) is 5.75 Å². The molecule has 20 heavy (non-hydrogen) atoms. The number of carbonyl (C=O) groups is 1. The number of ether oxygens (including phenoxy) is 1. The Morgan fingerprint density at radius 1 is 1.15 bits per heavy atom. The SMILES string of the molecule is O=C(Cc1cc(I)c(Oc2ccccc2)c(I)c1)NO. The second-order valence-electron chi connectivity index (χ2n) is 4.02. The number of hydroxylamine groups is 1. The number of rotatable bonds is 4. The minimum absolute atomic E-state index is 0.133. The molecule has 2 rings (SSSR count). The van der Waals surface area contributed by atoms with Gasteiger partial charge in [0.2, 0.25) is 5.91 Å². The summed E-state index contributed by atoms with van der Waals surface area (Å²) in [7, 11) is 0. The lowest BCUT2D eigenvalue weighted by Gasteiger charge is -2.11. The summed E-state index contributed by atoms with van der Waals surface area (Å²) in [5, 5.41) is 8.56. The predicted molar refractivity (Wildman–Crippen MR) is 92.0 cm³/mol. The molecule has 0 radical (unpaired) electrons. The van der Waals surface area contributed by atoms with E-state index < -0.39 is 5.91 Å². The molecule has 1 amide bonds. The smallest absolute Gasteiger partial charge is 0.247 e. The van der Waals surface area contributed by atoms with Crippen LogP contribution in [0.2, 0.25) is 0 Å². The lowest BCUT2D eigenvalue weighted by molar-refractivity contribution is -0.128. The highest BCUT2D eigenvalue weighted by molar-refractivity contribution is 14.1. The first-order valence-electron chi connectivity index (χ1n) is 5.74. The van der Waals surface area contributed by atoms with Gasteiger partial charge in [0, 0.05) is 0 Å². The van der Waals surface area contributed by atoms with Crippen LogP contribution in [-0.4, -0.2) is 11.1 Å². The average molecular weight is 495 g/mol. The predicted octanol–water partition coefficient (Wildman–Crippen LogP) is 3.74. The molecule has 0 spiro atoms. The number of hydrogen-bond acceptors (Lipinski definition) is 3. The fraction of sp³-hybridized carbons (Fsp3) is 0.0714. The number of carbonyl (C=O) groups excluding carboxylic acids is 1. The van der Waals surface area contributed by atoms with Gasteiger partial charge in [-0.15, -0.1) is 0 Å². The maximum atomic E-state index is 11.2. The van der Waals surface area contributed by atoms with Crippen LogP contribution < -0.4 is 10.2 Å². The van der Waals surface area contributed by atoms with E-state index in [0.717, 1.165) is 24.2 Å². The first-order chi connectivity index (χ1) is 9.60. The summed E-state index contributed by atoms with van der Waals surface area (Å²) < 4.78 is 7.69. The van der Waals surface area contributed by atoms with Crippen molar-refractivity contribution in [1.29, 1.82) is 0 Å². The molecule has 0 heterocycles. The number of nitrogens with one attached hydrogen (secondary N) is 1. The zero-order valence-electron chi connectivity index (χ0n) is 10.3. The van der Waals surface area contributed by atoms with E-state index >= 15 is 0 Å². The Labute approximate surface area is 143 Å². The third-order valence-corrected chi connectivity index (χ3v) is 4.11. The highest BCUT2D eigenvalue weighted by Gasteiger charge is 2.12. The van der Waals surface area contributed by atoms with E-state index in [1.807, 2.05) is 42.5 Å². The Hall–Kier alpha value is -0.870. The summed E-state index contributed by atoms with van der Waals surface area (Å²) in [6, 6.07) is 13.3. The molecule has 0 saturated carbocycles. The van der Waals surface area contributed by atoms with Gasteiger partial charge in [0.1, 0.15) is 5.75 Å². The third kappa shape index (κ3) is 4.06. The van der Waals surface area contributed by atoms with E-state index in [0.29, 0.717) is 0 Å². The quantitative estimate of drug-likeness (QED) is 0.387. The molecule has 0 aliphatic rings. The molecule has 0 atom stereocenters. The van der Waals surface area contributed by atoms with Crippen LogP contribution in [0.15, 0.2) is 42.5 Å². The molecule has 2 N–H and O–H groups in total. The number of halogens is 2. The Kier molecular flexibility index (Phi) is 5.61. The summed E-state index contributed by atoms with van der Waals surface area (Å²) in [6.07, 6.45) is 0.133. The Morgan fingerprint density at radius 2 is 1.75 bits per heavy atom. The van der Waals surface area contributed by atoms with Crippen molar-refractivity contribution in [3.05, 3.63) is 55.2 Å². The standard InChI is InChI=1S/C14H11I2NO3/c15-11-6-9(8-13(18)17-19)7-12(16)14(11)20-10-4-2-1-3-5-10/h1-7,19H,8H2,(H,17,18). The molecule has 2 aromatic rings. The van der Waals surface area contributed by atoms with Crippen molar-refractivity contribution >= 4 is 51.1 Å². The summed E-state index contributed by atoms with van der Waals surface area (Å²) in [4.78, 5) is 11.2. The van der Waals surface area contributed by atoms with Gasteiger partial charge in [0.05, 0.1) is 13.6 Å². The van der Waals surface area contributed by atoms with Gasteiger partial charge in [-0.05, 0) is 75.0 Å². The normalized spacial score (nSPS) is 10.2. The molecule has 0 fully saturated rings. The third-order valence-electron chi connectivity index (χ3n) is 2.51. The van der Waals surface area contributed by atoms with Crippen molar-refractivity contribution in [3.63, 3.8) is 0 Å². The van der Waals surface area contributed by atoms with Crippen molar-refractivity contribution in [2.75, 3.05) is 0 Å². The lowest BCUT2D eigenvalue weighted by Crippen LogP contribution is -2.20. The molecule has 104 valence electrons. The lowest BCUT2D eigenvalue weighted by atomic mass is 10.1. The fourth-order valence-corrected chi connectivity index (χ4v) is 3.76. The Balaban J connectivity index is 2.25. The van der Waals surface area contributed by atoms with Gasteiger partial charge in [-0.2, -0.15) is 0 Å². The van der Waals surface area contributed by atoms with Crippen molar-refractivity contribution in [2.45, 2.75) is 6.42 Å². The second kappa shape index (κ2) is 7.23. The van der Waals surface area contributed by atoms with Crippen molar-refractivity contribution < 1.29 is 14.7 Å². The minimum Gasteiger partial charge on any atom is -0.455 e. The summed E-state index contributed by atoms with van der Waals surface area (Å²) in [5.74, 6) is 1.10. The first kappa shape index (κ1) is 15.5. The zero-order chi connectivity index (χ0) is 14.5. The second-order valence-corrected chi connectivity index (χ2v) is 6.34. The Morgan fingerprint density at radius 3 is 2.30 bits per heavy atom. The number of amides is 1. The van der Waals surface area contributed by atoms with E-state index in [4.69, 9.17) is 9.94 Å². The minimum atomic E-state index is -0.437. The van der Waals surface area contributed by atoms with Crippen LogP contribution in [0.4, 0.5) is 0 Å². The van der Waals surface area contributed by atoms with Crippen LogP contribution in [0.1, 0.15) is 5.56 Å². The monoisotopic (exact) mass is 495 g/mol. The van der Waals surface area contributed by atoms with Crippen molar-refractivity contribution in [2.24, 2.45) is 0 Å². The molecule has 0 saturated heterocycles. The molecule has 0 aliphatic heterocycles. The van der Waals surface area contributed by atoms with Crippen LogP contribution >= 0.6 is 45.2 Å². The molecule has 0 unspecified atom stereocenters. The molecule has 0 bridgehead atoms. The van der Waals surface area contributed by atoms with Gasteiger partial charge in [-0.25, -0.2) is 5.48 Å². The number of hydrogen-bond donors (Lipinski definition) is 2. The van der Waals surface area contributed by atoms with Crippen molar-refractivity contribution in [3.8, 4) is 11.5 Å². The molecular formula is C14H11I2NO3. The molecule has 6 heteroatoms. The highest BCUT2D eigenvalue weighted by Crippen LogP contribution is 2.32. The molecule has 4 nitrogen and oxygen atoms in total. The van der Waals surface area contributed by atoms with Crippen LogP contribution in [-0.2, 0) is 11.2 Å². The van der Waals surface area contributed by atoms with Crippen LogP contribution in [0.25, 0.3) is 0 Å². The van der Waals surface area contributed by atoms with E-state index in [-0.39, 0.29) is 6.42 Å². The van der Waals surface area contributed by atoms with Crippen LogP contribution in [0, 0.1) is 7.14 Å². The number of para-hydroxylation sites is 1. The first-order valence-corrected chi connectivity index (χ1v) is 7.89. The number of benzene rings is 2. The molecule has 0 aromatic heterocycles. The maximum absolute atomic E-state index is 11.2. The van der Waals surface area contributed by atoms with Gasteiger partial charge < -0.3 is 4.74 Å². The van der Waals surface area contributed by atoms with Crippen LogP contribution in [0.3, 0.4) is 0 Å². The fourth-order valence-electron chi connectivity index (χ4n) is 1.64.